The highest BCUT2D eigenvalue weighted by Gasteiger charge is 2.03. The Kier molecular flexibility index (Phi) is 6.04. The summed E-state index contributed by atoms with van der Waals surface area (Å²) in [6.07, 6.45) is 0.376. The minimum Gasteiger partial charge on any atom is -0.323 e. The van der Waals surface area contributed by atoms with Gasteiger partial charge in [0, 0.05) is 9.61 Å². The van der Waals surface area contributed by atoms with Gasteiger partial charge in [0.2, 0.25) is 0 Å². The van der Waals surface area contributed by atoms with E-state index in [4.69, 9.17) is 11.0 Å². The second-order valence-electron chi connectivity index (χ2n) is 2.52. The molecule has 0 saturated carbocycles. The number of benzene rings is 1. The Balaban J connectivity index is 0.00000144. The molecule has 1 atom stereocenters. The first-order valence-corrected chi connectivity index (χ1v) is 4.70. The van der Waals surface area contributed by atoms with Crippen molar-refractivity contribution in [3.8, 4) is 6.07 Å². The molecule has 1 aromatic carbocycles. The molecule has 0 unspecified atom stereocenters. The van der Waals surface area contributed by atoms with Crippen molar-refractivity contribution < 1.29 is 0 Å². The van der Waals surface area contributed by atoms with Crippen LogP contribution < -0.4 is 5.73 Å². The Morgan fingerprint density at radius 2 is 1.92 bits per heavy atom. The molecular weight excluding hydrogens is 298 g/mol. The van der Waals surface area contributed by atoms with Gasteiger partial charge in [0.05, 0.1) is 12.5 Å². The van der Waals surface area contributed by atoms with Gasteiger partial charge in [-0.3, -0.25) is 0 Å². The van der Waals surface area contributed by atoms with Crippen LogP contribution in [-0.4, -0.2) is 0 Å². The van der Waals surface area contributed by atoms with Gasteiger partial charge in [0.15, 0.2) is 0 Å². The van der Waals surface area contributed by atoms with Crippen LogP contribution in [0.4, 0.5) is 0 Å². The van der Waals surface area contributed by atoms with Gasteiger partial charge < -0.3 is 5.73 Å². The molecule has 0 fully saturated rings. The van der Waals surface area contributed by atoms with Gasteiger partial charge in [-0.05, 0) is 40.3 Å². The van der Waals surface area contributed by atoms with E-state index in [2.05, 4.69) is 28.7 Å². The van der Waals surface area contributed by atoms with Crippen molar-refractivity contribution in [2.45, 2.75) is 12.5 Å². The van der Waals surface area contributed by atoms with Gasteiger partial charge >= 0.3 is 0 Å². The smallest absolute Gasteiger partial charge is 0.0641 e. The number of hydrogen-bond acceptors (Lipinski definition) is 2. The standard InChI is InChI=1S/C9H9IN2.ClH/c10-8-3-1-7(2-4-8)9(12)5-6-11;/h1-4,9H,5,12H2;1H/t9-;/m0./s1. The summed E-state index contributed by atoms with van der Waals surface area (Å²) in [4.78, 5) is 0. The van der Waals surface area contributed by atoms with E-state index in [0.29, 0.717) is 6.42 Å². The molecule has 0 bridgehead atoms. The molecule has 0 amide bonds. The van der Waals surface area contributed by atoms with E-state index < -0.39 is 0 Å². The van der Waals surface area contributed by atoms with Crippen molar-refractivity contribution in [2.75, 3.05) is 0 Å². The summed E-state index contributed by atoms with van der Waals surface area (Å²) in [6, 6.07) is 9.82. The first kappa shape index (κ1) is 12.7. The zero-order valence-corrected chi connectivity index (χ0v) is 9.88. The van der Waals surface area contributed by atoms with Crippen molar-refractivity contribution in [1.29, 1.82) is 5.26 Å². The SMILES string of the molecule is Cl.N#CC[C@H](N)c1ccc(I)cc1. The van der Waals surface area contributed by atoms with Crippen LogP contribution in [0.2, 0.25) is 0 Å². The van der Waals surface area contributed by atoms with E-state index in [1.165, 1.54) is 3.57 Å². The van der Waals surface area contributed by atoms with Gasteiger partial charge in [0.1, 0.15) is 0 Å². The molecule has 2 N–H and O–H groups in total. The number of hydrogen-bond donors (Lipinski definition) is 1. The summed E-state index contributed by atoms with van der Waals surface area (Å²) >= 11 is 2.24. The van der Waals surface area contributed by atoms with E-state index in [1.54, 1.807) is 0 Å². The molecule has 0 aliphatic rings. The molecule has 0 spiro atoms. The van der Waals surface area contributed by atoms with E-state index in [1.807, 2.05) is 24.3 Å². The fourth-order valence-electron chi connectivity index (χ4n) is 0.926. The van der Waals surface area contributed by atoms with Crippen molar-refractivity contribution in [3.05, 3.63) is 33.4 Å². The lowest BCUT2D eigenvalue weighted by Gasteiger charge is -2.06. The summed E-state index contributed by atoms with van der Waals surface area (Å²) in [7, 11) is 0. The van der Waals surface area contributed by atoms with Crippen molar-refractivity contribution in [2.24, 2.45) is 5.73 Å². The van der Waals surface area contributed by atoms with E-state index in [0.717, 1.165) is 5.56 Å². The maximum Gasteiger partial charge on any atom is 0.0641 e. The Morgan fingerprint density at radius 3 is 2.38 bits per heavy atom. The molecule has 2 nitrogen and oxygen atoms in total. The number of nitrogens with zero attached hydrogens (tertiary/aromatic N) is 1. The molecule has 0 saturated heterocycles. The minimum absolute atomic E-state index is 0. The number of nitriles is 1. The van der Waals surface area contributed by atoms with E-state index >= 15 is 0 Å². The molecule has 0 heterocycles. The highest BCUT2D eigenvalue weighted by molar-refractivity contribution is 14.1. The molecule has 70 valence electrons. The third-order valence-corrected chi connectivity index (χ3v) is 2.33. The van der Waals surface area contributed by atoms with Crippen LogP contribution in [0.15, 0.2) is 24.3 Å². The molecule has 0 aliphatic carbocycles. The normalized spacial score (nSPS) is 11.2. The summed E-state index contributed by atoms with van der Waals surface area (Å²) < 4.78 is 1.18. The predicted octanol–water partition coefficient (Wildman–Crippen LogP) is 2.63. The van der Waals surface area contributed by atoms with Crippen LogP contribution in [0.25, 0.3) is 0 Å². The second kappa shape index (κ2) is 6.19. The summed E-state index contributed by atoms with van der Waals surface area (Å²) in [6.45, 7) is 0. The zero-order valence-electron chi connectivity index (χ0n) is 6.90. The maximum absolute atomic E-state index is 8.42. The average molecular weight is 309 g/mol. The van der Waals surface area contributed by atoms with Crippen LogP contribution in [0.1, 0.15) is 18.0 Å². The highest BCUT2D eigenvalue weighted by atomic mass is 127. The first-order valence-electron chi connectivity index (χ1n) is 3.62. The van der Waals surface area contributed by atoms with E-state index in [-0.39, 0.29) is 18.4 Å². The van der Waals surface area contributed by atoms with Crippen LogP contribution in [-0.2, 0) is 0 Å². The second-order valence-corrected chi connectivity index (χ2v) is 3.77. The van der Waals surface area contributed by atoms with Gasteiger partial charge in [0.25, 0.3) is 0 Å². The molecule has 0 radical (unpaired) electrons. The molecule has 0 aromatic heterocycles. The summed E-state index contributed by atoms with van der Waals surface area (Å²) in [5, 5.41) is 8.42. The third-order valence-electron chi connectivity index (χ3n) is 1.61. The first-order chi connectivity index (χ1) is 5.74. The van der Waals surface area contributed by atoms with Crippen LogP contribution in [0.3, 0.4) is 0 Å². The third kappa shape index (κ3) is 3.94. The zero-order chi connectivity index (χ0) is 8.97. The van der Waals surface area contributed by atoms with Crippen molar-refractivity contribution in [1.82, 2.24) is 0 Å². The fraction of sp³-hybridized carbons (Fsp3) is 0.222. The number of nitrogens with two attached hydrogens (primary N) is 1. The fourth-order valence-corrected chi connectivity index (χ4v) is 1.29. The van der Waals surface area contributed by atoms with E-state index in [9.17, 15) is 0 Å². The maximum atomic E-state index is 8.42. The topological polar surface area (TPSA) is 49.8 Å². The lowest BCUT2D eigenvalue weighted by atomic mass is 10.1. The van der Waals surface area contributed by atoms with Gasteiger partial charge in [-0.25, -0.2) is 0 Å². The monoisotopic (exact) mass is 308 g/mol. The molecule has 13 heavy (non-hydrogen) atoms. The predicted molar refractivity (Wildman–Crippen MR) is 63.6 cm³/mol. The van der Waals surface area contributed by atoms with Gasteiger partial charge in [-0.1, -0.05) is 12.1 Å². The number of rotatable bonds is 2. The summed E-state index contributed by atoms with van der Waals surface area (Å²) in [5.41, 5.74) is 6.76. The Morgan fingerprint density at radius 1 is 1.38 bits per heavy atom. The lowest BCUT2D eigenvalue weighted by Crippen LogP contribution is -2.08. The molecule has 1 aromatic rings. The molecule has 1 rings (SSSR count). The van der Waals surface area contributed by atoms with Crippen LogP contribution in [0, 0.1) is 14.9 Å². The van der Waals surface area contributed by atoms with Gasteiger partial charge in [-0.2, -0.15) is 5.26 Å². The van der Waals surface area contributed by atoms with Crippen molar-refractivity contribution in [3.63, 3.8) is 0 Å². The van der Waals surface area contributed by atoms with Crippen molar-refractivity contribution >= 4 is 35.0 Å². The Bertz CT molecular complexity index is 291. The highest BCUT2D eigenvalue weighted by Crippen LogP contribution is 2.14. The van der Waals surface area contributed by atoms with Crippen LogP contribution in [0.5, 0.6) is 0 Å². The average Bonchev–Trinajstić information content (AvgIpc) is 2.06. The quantitative estimate of drug-likeness (QED) is 0.854. The van der Waals surface area contributed by atoms with Crippen LogP contribution >= 0.6 is 35.0 Å². The lowest BCUT2D eigenvalue weighted by molar-refractivity contribution is 0.748. The molecule has 0 aliphatic heterocycles. The Hall–Kier alpha value is -0.310. The summed E-state index contributed by atoms with van der Waals surface area (Å²) in [5.74, 6) is 0. The van der Waals surface area contributed by atoms with Gasteiger partial charge in [-0.15, -0.1) is 12.4 Å². The largest absolute Gasteiger partial charge is 0.323 e. The Labute approximate surface area is 97.7 Å². The minimum atomic E-state index is -0.146. The molecular formula is C9H10ClIN2. The molecule has 4 heteroatoms. The number of halogens is 2.